The number of hydrogen-bond donors (Lipinski definition) is 1. The van der Waals surface area contributed by atoms with Crippen LogP contribution in [0.2, 0.25) is 0 Å². The van der Waals surface area contributed by atoms with Crippen molar-refractivity contribution in [3.05, 3.63) is 23.3 Å². The number of ether oxygens (including phenoxy) is 3. The van der Waals surface area contributed by atoms with Gasteiger partial charge in [-0.2, -0.15) is 0 Å². The number of hydrogen-bond acceptors (Lipinski definition) is 5. The second-order valence-electron chi connectivity index (χ2n) is 7.41. The van der Waals surface area contributed by atoms with Gasteiger partial charge in [-0.15, -0.1) is 0 Å². The van der Waals surface area contributed by atoms with Gasteiger partial charge in [0.2, 0.25) is 0 Å². The van der Waals surface area contributed by atoms with Gasteiger partial charge < -0.3 is 19.3 Å². The molecule has 1 saturated carbocycles. The van der Waals surface area contributed by atoms with Gasteiger partial charge in [-0.05, 0) is 56.1 Å². The number of fused-ring (bicyclic) bond motifs is 1. The summed E-state index contributed by atoms with van der Waals surface area (Å²) in [6.45, 7) is 6.32. The Kier molecular flexibility index (Phi) is 4.19. The average molecular weight is 333 g/mol. The monoisotopic (exact) mass is 333 g/mol. The van der Waals surface area contributed by atoms with E-state index in [1.54, 1.807) is 7.11 Å². The van der Waals surface area contributed by atoms with Crippen molar-refractivity contribution in [3.63, 3.8) is 0 Å². The van der Waals surface area contributed by atoms with E-state index in [0.717, 1.165) is 50.4 Å². The summed E-state index contributed by atoms with van der Waals surface area (Å²) in [6.07, 6.45) is 2.84. The first kappa shape index (κ1) is 16.2. The van der Waals surface area contributed by atoms with E-state index in [9.17, 15) is 5.11 Å². The van der Waals surface area contributed by atoms with Gasteiger partial charge in [0.05, 0.1) is 12.2 Å². The molecule has 24 heavy (non-hydrogen) atoms. The molecule has 4 rings (SSSR count). The smallest absolute Gasteiger partial charge is 0.161 e. The van der Waals surface area contributed by atoms with Crippen LogP contribution in [-0.4, -0.2) is 55.6 Å². The van der Waals surface area contributed by atoms with Crippen LogP contribution in [0.5, 0.6) is 11.5 Å². The van der Waals surface area contributed by atoms with Crippen molar-refractivity contribution < 1.29 is 19.3 Å². The minimum atomic E-state index is -0.194. The first-order chi connectivity index (χ1) is 11.6. The lowest BCUT2D eigenvalue weighted by atomic mass is 9.58. The van der Waals surface area contributed by atoms with Crippen LogP contribution in [0.4, 0.5) is 0 Å². The Balaban J connectivity index is 1.42. The van der Waals surface area contributed by atoms with E-state index >= 15 is 0 Å². The van der Waals surface area contributed by atoms with Crippen molar-refractivity contribution in [3.8, 4) is 11.5 Å². The highest BCUT2D eigenvalue weighted by atomic mass is 16.6. The maximum atomic E-state index is 10.2. The normalized spacial score (nSPS) is 28.6. The van der Waals surface area contributed by atoms with Gasteiger partial charge in [0, 0.05) is 25.5 Å². The summed E-state index contributed by atoms with van der Waals surface area (Å²) >= 11 is 0. The molecule has 2 atom stereocenters. The largest absolute Gasteiger partial charge is 0.486 e. The third-order valence-corrected chi connectivity index (χ3v) is 6.21. The molecule has 0 bridgehead atoms. The molecule has 0 amide bonds. The summed E-state index contributed by atoms with van der Waals surface area (Å²) in [6, 6.07) is 4.22. The minimum Gasteiger partial charge on any atom is -0.486 e. The Morgan fingerprint density at radius 1 is 1.21 bits per heavy atom. The van der Waals surface area contributed by atoms with Crippen LogP contribution in [0.3, 0.4) is 0 Å². The maximum Gasteiger partial charge on any atom is 0.161 e. The first-order valence-electron chi connectivity index (χ1n) is 8.95. The van der Waals surface area contributed by atoms with E-state index in [0.29, 0.717) is 13.2 Å². The van der Waals surface area contributed by atoms with Gasteiger partial charge in [0.15, 0.2) is 11.5 Å². The summed E-state index contributed by atoms with van der Waals surface area (Å²) in [4.78, 5) is 2.47. The third-order valence-electron chi connectivity index (χ3n) is 6.21. The molecule has 1 spiro atoms. The lowest BCUT2D eigenvalue weighted by Gasteiger charge is -2.56. The minimum absolute atomic E-state index is 0.00685. The Morgan fingerprint density at radius 3 is 2.50 bits per heavy atom. The summed E-state index contributed by atoms with van der Waals surface area (Å²) in [7, 11) is 1.77. The van der Waals surface area contributed by atoms with Crippen molar-refractivity contribution in [1.82, 2.24) is 4.90 Å². The standard InChI is InChI=1S/C19H27NO4/c1-13-9-15-16(24-8-7-23-15)10-14(13)12-20-5-3-19(4-6-20)17(21)11-18(19)22-2/h9-10,17-18,21H,3-8,11-12H2,1-2H3/t17-,18+/m0/s1. The fourth-order valence-electron chi connectivity index (χ4n) is 4.48. The van der Waals surface area contributed by atoms with Crippen molar-refractivity contribution >= 4 is 0 Å². The average Bonchev–Trinajstić information content (AvgIpc) is 2.60. The van der Waals surface area contributed by atoms with Crippen LogP contribution in [-0.2, 0) is 11.3 Å². The number of piperidine rings is 1. The molecule has 3 aliphatic rings. The van der Waals surface area contributed by atoms with Crippen LogP contribution < -0.4 is 9.47 Å². The molecule has 5 heteroatoms. The van der Waals surface area contributed by atoms with Crippen LogP contribution in [0.25, 0.3) is 0 Å². The topological polar surface area (TPSA) is 51.2 Å². The molecule has 0 aromatic heterocycles. The number of rotatable bonds is 3. The Labute approximate surface area is 143 Å². The molecule has 1 aromatic rings. The van der Waals surface area contributed by atoms with Gasteiger partial charge >= 0.3 is 0 Å². The fraction of sp³-hybridized carbons (Fsp3) is 0.684. The summed E-state index contributed by atoms with van der Waals surface area (Å²) in [5.74, 6) is 1.73. The SMILES string of the molecule is CO[C@@H]1C[C@H](O)C12CCN(Cc1cc3c(cc1C)OCCO3)CC2. The van der Waals surface area contributed by atoms with E-state index in [4.69, 9.17) is 14.2 Å². The molecule has 2 fully saturated rings. The highest BCUT2D eigenvalue weighted by molar-refractivity contribution is 5.47. The van der Waals surface area contributed by atoms with E-state index in [1.807, 2.05) is 0 Å². The number of likely N-dealkylation sites (tertiary alicyclic amines) is 1. The Hall–Kier alpha value is -1.30. The van der Waals surface area contributed by atoms with Crippen molar-refractivity contribution in [2.24, 2.45) is 5.41 Å². The molecule has 0 radical (unpaired) electrons. The van der Waals surface area contributed by atoms with E-state index in [-0.39, 0.29) is 17.6 Å². The molecule has 1 aromatic carbocycles. The van der Waals surface area contributed by atoms with Crippen molar-refractivity contribution in [1.29, 1.82) is 0 Å². The van der Waals surface area contributed by atoms with Gasteiger partial charge in [0.1, 0.15) is 13.2 Å². The number of aryl methyl sites for hydroxylation is 1. The highest BCUT2D eigenvalue weighted by Crippen LogP contribution is 2.50. The summed E-state index contributed by atoms with van der Waals surface area (Å²) in [5, 5.41) is 10.2. The Bertz CT molecular complexity index is 610. The number of benzene rings is 1. The fourth-order valence-corrected chi connectivity index (χ4v) is 4.48. The van der Waals surface area contributed by atoms with E-state index in [1.165, 1.54) is 11.1 Å². The second-order valence-corrected chi connectivity index (χ2v) is 7.41. The predicted molar refractivity (Wildman–Crippen MR) is 90.5 cm³/mol. The van der Waals surface area contributed by atoms with Crippen LogP contribution in [0.15, 0.2) is 12.1 Å². The van der Waals surface area contributed by atoms with Crippen LogP contribution in [0.1, 0.15) is 30.4 Å². The molecule has 1 saturated heterocycles. The molecular weight excluding hydrogens is 306 g/mol. The molecule has 5 nitrogen and oxygen atoms in total. The van der Waals surface area contributed by atoms with Gasteiger partial charge in [-0.3, -0.25) is 4.90 Å². The third kappa shape index (κ3) is 2.59. The number of aliphatic hydroxyl groups is 1. The zero-order valence-corrected chi connectivity index (χ0v) is 14.6. The molecule has 0 unspecified atom stereocenters. The molecule has 1 aliphatic carbocycles. The predicted octanol–water partition coefficient (Wildman–Crippen LogP) is 2.13. The number of aliphatic hydroxyl groups excluding tert-OH is 1. The van der Waals surface area contributed by atoms with Gasteiger partial charge in [-0.1, -0.05) is 0 Å². The first-order valence-corrected chi connectivity index (χ1v) is 8.95. The number of nitrogens with zero attached hydrogens (tertiary/aromatic N) is 1. The zero-order valence-electron chi connectivity index (χ0n) is 14.6. The molecule has 1 N–H and O–H groups in total. The van der Waals surface area contributed by atoms with Crippen molar-refractivity contribution in [2.45, 2.75) is 44.9 Å². The van der Waals surface area contributed by atoms with Crippen LogP contribution >= 0.6 is 0 Å². The molecule has 2 aliphatic heterocycles. The summed E-state index contributed by atoms with van der Waals surface area (Å²) < 4.78 is 16.9. The molecular formula is C19H27NO4. The quantitative estimate of drug-likeness (QED) is 0.918. The summed E-state index contributed by atoms with van der Waals surface area (Å²) in [5.41, 5.74) is 2.54. The van der Waals surface area contributed by atoms with Gasteiger partial charge in [0.25, 0.3) is 0 Å². The molecule has 132 valence electrons. The van der Waals surface area contributed by atoms with E-state index < -0.39 is 0 Å². The molecule has 2 heterocycles. The van der Waals surface area contributed by atoms with Gasteiger partial charge in [-0.25, -0.2) is 0 Å². The Morgan fingerprint density at radius 2 is 1.88 bits per heavy atom. The second kappa shape index (κ2) is 6.21. The maximum absolute atomic E-state index is 10.2. The zero-order chi connectivity index (χ0) is 16.7. The lowest BCUT2D eigenvalue weighted by molar-refractivity contribution is -0.201. The highest BCUT2D eigenvalue weighted by Gasteiger charge is 2.55. The van der Waals surface area contributed by atoms with Crippen molar-refractivity contribution in [2.75, 3.05) is 33.4 Å². The van der Waals surface area contributed by atoms with Crippen LogP contribution in [0, 0.1) is 12.3 Å². The number of methoxy groups -OCH3 is 1. The lowest BCUT2D eigenvalue weighted by Crippen LogP contribution is -2.61. The van der Waals surface area contributed by atoms with E-state index in [2.05, 4.69) is 24.0 Å².